The van der Waals surface area contributed by atoms with Gasteiger partial charge in [0.25, 0.3) is 6.04 Å². The van der Waals surface area contributed by atoms with E-state index in [4.69, 9.17) is 0 Å². The van der Waals surface area contributed by atoms with E-state index >= 15 is 0 Å². The highest BCUT2D eigenvalue weighted by Crippen LogP contribution is 2.35. The molecular weight excluding hydrogens is 186 g/mol. The number of carbonyl (C=O) groups excluding carboxylic acids is 1. The maximum atomic E-state index is 11.1. The van der Waals surface area contributed by atoms with E-state index in [1.165, 1.54) is 6.08 Å². The minimum Gasteiger partial charge on any atom is -0.385 e. The quantitative estimate of drug-likeness (QED) is 0.479. The van der Waals surface area contributed by atoms with Gasteiger partial charge in [0.15, 0.2) is 5.78 Å². The fourth-order valence-corrected chi connectivity index (χ4v) is 1.94. The van der Waals surface area contributed by atoms with Crippen molar-refractivity contribution in [3.05, 3.63) is 33.4 Å². The van der Waals surface area contributed by atoms with E-state index < -0.39 is 17.1 Å². The molecule has 2 aliphatic carbocycles. The molecule has 2 atom stereocenters. The molecule has 2 rings (SSSR count). The van der Waals surface area contributed by atoms with Crippen LogP contribution < -0.4 is 0 Å². The first-order chi connectivity index (χ1) is 6.59. The number of allylic oxidation sites excluding steroid dienone is 2. The Bertz CT molecular complexity index is 369. The van der Waals surface area contributed by atoms with E-state index in [1.54, 1.807) is 6.08 Å². The predicted molar refractivity (Wildman–Crippen MR) is 47.2 cm³/mol. The van der Waals surface area contributed by atoms with Gasteiger partial charge in [-0.15, -0.1) is 0 Å². The average Bonchev–Trinajstić information content (AvgIpc) is 2.40. The largest absolute Gasteiger partial charge is 0.385 e. The maximum absolute atomic E-state index is 11.1. The number of hydrogen-bond donors (Lipinski definition) is 1. The van der Waals surface area contributed by atoms with Crippen molar-refractivity contribution in [3.8, 4) is 0 Å². The molecule has 1 N–H and O–H groups in total. The molecule has 5 nitrogen and oxygen atoms in total. The van der Waals surface area contributed by atoms with E-state index in [0.717, 1.165) is 5.57 Å². The van der Waals surface area contributed by atoms with Crippen LogP contribution in [-0.4, -0.2) is 28.0 Å². The van der Waals surface area contributed by atoms with Gasteiger partial charge in [0.2, 0.25) is 0 Å². The Hall–Kier alpha value is -1.49. The lowest BCUT2D eigenvalue weighted by atomic mass is 9.98. The third kappa shape index (κ3) is 1.26. The molecule has 0 saturated heterocycles. The van der Waals surface area contributed by atoms with Gasteiger partial charge in [0, 0.05) is 23.3 Å². The van der Waals surface area contributed by atoms with Crippen molar-refractivity contribution in [2.24, 2.45) is 0 Å². The van der Waals surface area contributed by atoms with Crippen LogP contribution in [0.15, 0.2) is 23.3 Å². The zero-order valence-electron chi connectivity index (χ0n) is 7.34. The van der Waals surface area contributed by atoms with Crippen molar-refractivity contribution in [2.75, 3.05) is 0 Å². The second-order valence-corrected chi connectivity index (χ2v) is 3.50. The molecule has 14 heavy (non-hydrogen) atoms. The van der Waals surface area contributed by atoms with Gasteiger partial charge in [0.05, 0.1) is 0 Å². The number of ketones is 1. The van der Waals surface area contributed by atoms with Crippen LogP contribution in [0.3, 0.4) is 0 Å². The number of rotatable bonds is 1. The molecule has 0 radical (unpaired) electrons. The van der Waals surface area contributed by atoms with Gasteiger partial charge in [-0.05, 0) is 11.6 Å². The van der Waals surface area contributed by atoms with Crippen LogP contribution in [0.2, 0.25) is 0 Å². The molecule has 0 aliphatic heterocycles. The Kier molecular flexibility index (Phi) is 1.96. The van der Waals surface area contributed by atoms with Crippen molar-refractivity contribution in [2.45, 2.75) is 25.0 Å². The van der Waals surface area contributed by atoms with Crippen LogP contribution in [0, 0.1) is 10.1 Å². The van der Waals surface area contributed by atoms with Crippen LogP contribution in [0.1, 0.15) is 12.8 Å². The molecule has 0 spiro atoms. The van der Waals surface area contributed by atoms with Gasteiger partial charge in [-0.25, -0.2) is 0 Å². The molecule has 0 aromatic carbocycles. The summed E-state index contributed by atoms with van der Waals surface area (Å²) in [7, 11) is 0. The standard InChI is InChI=1S/C9H9NO4/c11-6-2-1-5-3-8(12)9(10(13)14)7(5)4-6/h1,4,8-9,12H,2-3H2. The Morgan fingerprint density at radius 2 is 2.29 bits per heavy atom. The summed E-state index contributed by atoms with van der Waals surface area (Å²) < 4.78 is 0. The molecule has 0 heterocycles. The molecule has 1 saturated carbocycles. The number of nitrogens with zero attached hydrogens (tertiary/aromatic N) is 1. The Balaban J connectivity index is 2.40. The fraction of sp³-hybridized carbons (Fsp3) is 0.444. The monoisotopic (exact) mass is 195 g/mol. The minimum atomic E-state index is -1.12. The molecule has 5 heteroatoms. The van der Waals surface area contributed by atoms with Gasteiger partial charge in [-0.1, -0.05) is 6.08 Å². The highest BCUT2D eigenvalue weighted by Gasteiger charge is 2.43. The van der Waals surface area contributed by atoms with Crippen molar-refractivity contribution < 1.29 is 14.8 Å². The number of carbonyl (C=O) groups is 1. The Labute approximate surface area is 79.9 Å². The van der Waals surface area contributed by atoms with Gasteiger partial charge in [-0.2, -0.15) is 0 Å². The van der Waals surface area contributed by atoms with Crippen LogP contribution in [-0.2, 0) is 4.79 Å². The minimum absolute atomic E-state index is 0.135. The summed E-state index contributed by atoms with van der Waals surface area (Å²) in [5.41, 5.74) is 1.14. The molecule has 74 valence electrons. The van der Waals surface area contributed by atoms with Crippen molar-refractivity contribution in [1.29, 1.82) is 0 Å². The summed E-state index contributed by atoms with van der Waals surface area (Å²) in [6.07, 6.45) is 2.54. The van der Waals surface area contributed by atoms with Crippen LogP contribution in [0.4, 0.5) is 0 Å². The summed E-state index contributed by atoms with van der Waals surface area (Å²) >= 11 is 0. The van der Waals surface area contributed by atoms with Crippen LogP contribution in [0.5, 0.6) is 0 Å². The summed E-state index contributed by atoms with van der Waals surface area (Å²) in [4.78, 5) is 21.2. The van der Waals surface area contributed by atoms with Gasteiger partial charge < -0.3 is 5.11 Å². The normalized spacial score (nSPS) is 30.8. The van der Waals surface area contributed by atoms with Crippen molar-refractivity contribution in [1.82, 2.24) is 0 Å². The molecule has 2 aliphatic rings. The third-order valence-corrected chi connectivity index (χ3v) is 2.58. The van der Waals surface area contributed by atoms with E-state index in [2.05, 4.69) is 0 Å². The van der Waals surface area contributed by atoms with Crippen LogP contribution in [0.25, 0.3) is 0 Å². The number of nitro groups is 1. The highest BCUT2D eigenvalue weighted by molar-refractivity contribution is 5.94. The maximum Gasteiger partial charge on any atom is 0.264 e. The smallest absolute Gasteiger partial charge is 0.264 e. The number of fused-ring (bicyclic) bond motifs is 1. The zero-order chi connectivity index (χ0) is 10.3. The molecule has 0 amide bonds. The van der Waals surface area contributed by atoms with E-state index in [-0.39, 0.29) is 18.6 Å². The Morgan fingerprint density at radius 3 is 2.93 bits per heavy atom. The third-order valence-electron chi connectivity index (χ3n) is 2.58. The molecule has 0 aromatic heterocycles. The first-order valence-electron chi connectivity index (χ1n) is 4.35. The average molecular weight is 195 g/mol. The summed E-state index contributed by atoms with van der Waals surface area (Å²) in [6.45, 7) is 0. The lowest BCUT2D eigenvalue weighted by Crippen LogP contribution is -2.29. The van der Waals surface area contributed by atoms with E-state index in [1.807, 2.05) is 0 Å². The van der Waals surface area contributed by atoms with Crippen molar-refractivity contribution in [3.63, 3.8) is 0 Å². The van der Waals surface area contributed by atoms with Gasteiger partial charge in [0.1, 0.15) is 6.10 Å². The summed E-state index contributed by atoms with van der Waals surface area (Å²) in [5.74, 6) is -0.135. The predicted octanol–water partition coefficient (Wildman–Crippen LogP) is 0.222. The number of aliphatic hydroxyl groups excluding tert-OH is 1. The van der Waals surface area contributed by atoms with Crippen LogP contribution >= 0.6 is 0 Å². The lowest BCUT2D eigenvalue weighted by molar-refractivity contribution is -0.520. The number of hydrogen-bond acceptors (Lipinski definition) is 4. The molecule has 2 unspecified atom stereocenters. The second kappa shape index (κ2) is 3.02. The Morgan fingerprint density at radius 1 is 1.57 bits per heavy atom. The van der Waals surface area contributed by atoms with Gasteiger partial charge >= 0.3 is 0 Å². The topological polar surface area (TPSA) is 80.4 Å². The first kappa shape index (κ1) is 9.08. The summed E-state index contributed by atoms with van der Waals surface area (Å²) in [5, 5.41) is 20.1. The summed E-state index contributed by atoms with van der Waals surface area (Å²) in [6, 6.07) is -1.12. The number of aliphatic hydroxyl groups is 1. The van der Waals surface area contributed by atoms with Gasteiger partial charge in [-0.3, -0.25) is 14.9 Å². The molecule has 0 bridgehead atoms. The second-order valence-electron chi connectivity index (χ2n) is 3.50. The fourth-order valence-electron chi connectivity index (χ4n) is 1.94. The SMILES string of the molecule is O=C1C=C2C(=CC1)CC(O)C2[N+](=O)[O-]. The lowest BCUT2D eigenvalue weighted by Gasteiger charge is -2.08. The van der Waals surface area contributed by atoms with Crippen molar-refractivity contribution >= 4 is 5.78 Å². The van der Waals surface area contributed by atoms with E-state index in [9.17, 15) is 20.0 Å². The molecular formula is C9H9NO4. The first-order valence-corrected chi connectivity index (χ1v) is 4.35. The van der Waals surface area contributed by atoms with E-state index in [0.29, 0.717) is 5.57 Å². The highest BCUT2D eigenvalue weighted by atomic mass is 16.6. The molecule has 0 aromatic rings. The zero-order valence-corrected chi connectivity index (χ0v) is 7.34. The molecule has 1 fully saturated rings.